The SMILES string of the molecule is CCCNC(=O)CN(C)CCC1CNC1. The molecule has 0 spiro atoms. The summed E-state index contributed by atoms with van der Waals surface area (Å²) in [5.41, 5.74) is 0. The van der Waals surface area contributed by atoms with Crippen molar-refractivity contribution in [2.24, 2.45) is 5.92 Å². The van der Waals surface area contributed by atoms with Gasteiger partial charge in [0.15, 0.2) is 0 Å². The van der Waals surface area contributed by atoms with Crippen LogP contribution in [0.5, 0.6) is 0 Å². The highest BCUT2D eigenvalue weighted by molar-refractivity contribution is 5.77. The topological polar surface area (TPSA) is 44.4 Å². The van der Waals surface area contributed by atoms with Gasteiger partial charge in [-0.25, -0.2) is 0 Å². The fraction of sp³-hybridized carbons (Fsp3) is 0.909. The van der Waals surface area contributed by atoms with E-state index in [1.54, 1.807) is 0 Å². The lowest BCUT2D eigenvalue weighted by Gasteiger charge is -2.28. The van der Waals surface area contributed by atoms with Crippen LogP contribution in [0.3, 0.4) is 0 Å². The van der Waals surface area contributed by atoms with Crippen molar-refractivity contribution in [2.75, 3.05) is 39.8 Å². The summed E-state index contributed by atoms with van der Waals surface area (Å²) in [7, 11) is 2.01. The second-order valence-electron chi connectivity index (χ2n) is 4.40. The summed E-state index contributed by atoms with van der Waals surface area (Å²) < 4.78 is 0. The number of nitrogens with one attached hydrogen (secondary N) is 2. The number of rotatable bonds is 7. The number of hydrogen-bond acceptors (Lipinski definition) is 3. The fourth-order valence-electron chi connectivity index (χ4n) is 1.60. The lowest BCUT2D eigenvalue weighted by atomic mass is 9.99. The van der Waals surface area contributed by atoms with Crippen LogP contribution in [-0.4, -0.2) is 50.6 Å². The van der Waals surface area contributed by atoms with E-state index in [2.05, 4.69) is 22.5 Å². The van der Waals surface area contributed by atoms with Gasteiger partial charge in [0, 0.05) is 6.54 Å². The lowest BCUT2D eigenvalue weighted by Crippen LogP contribution is -2.44. The molecular weight excluding hydrogens is 190 g/mol. The van der Waals surface area contributed by atoms with E-state index in [1.165, 1.54) is 6.42 Å². The second-order valence-corrected chi connectivity index (χ2v) is 4.40. The quantitative estimate of drug-likeness (QED) is 0.628. The third-order valence-electron chi connectivity index (χ3n) is 2.77. The lowest BCUT2D eigenvalue weighted by molar-refractivity contribution is -0.121. The van der Waals surface area contributed by atoms with Crippen LogP contribution in [0.15, 0.2) is 0 Å². The molecule has 4 nitrogen and oxygen atoms in total. The van der Waals surface area contributed by atoms with Crippen molar-refractivity contribution in [2.45, 2.75) is 19.8 Å². The Morgan fingerprint density at radius 2 is 2.27 bits per heavy atom. The molecule has 0 unspecified atom stereocenters. The molecule has 0 aliphatic carbocycles. The normalized spacial score (nSPS) is 16.5. The molecule has 0 radical (unpaired) electrons. The molecule has 4 heteroatoms. The second kappa shape index (κ2) is 6.80. The maximum Gasteiger partial charge on any atom is 0.234 e. The third-order valence-corrected chi connectivity index (χ3v) is 2.77. The number of carbonyl (C=O) groups is 1. The monoisotopic (exact) mass is 213 g/mol. The van der Waals surface area contributed by atoms with E-state index >= 15 is 0 Å². The van der Waals surface area contributed by atoms with Crippen molar-refractivity contribution in [3.8, 4) is 0 Å². The summed E-state index contributed by atoms with van der Waals surface area (Å²) in [6.07, 6.45) is 2.20. The van der Waals surface area contributed by atoms with E-state index in [0.717, 1.165) is 38.5 Å². The van der Waals surface area contributed by atoms with E-state index in [-0.39, 0.29) is 5.91 Å². The number of carbonyl (C=O) groups excluding carboxylic acids is 1. The van der Waals surface area contributed by atoms with Gasteiger partial charge in [0.25, 0.3) is 0 Å². The summed E-state index contributed by atoms with van der Waals surface area (Å²) >= 11 is 0. The molecule has 0 aromatic heterocycles. The molecule has 0 aromatic rings. The molecule has 1 fully saturated rings. The van der Waals surface area contributed by atoms with Gasteiger partial charge in [-0.15, -0.1) is 0 Å². The number of amides is 1. The summed E-state index contributed by atoms with van der Waals surface area (Å²) in [5, 5.41) is 6.14. The van der Waals surface area contributed by atoms with Crippen LogP contribution in [0, 0.1) is 5.92 Å². The Balaban J connectivity index is 2.00. The Kier molecular flexibility index (Phi) is 5.65. The molecule has 2 N–H and O–H groups in total. The Bertz CT molecular complexity index is 192. The van der Waals surface area contributed by atoms with Crippen LogP contribution >= 0.6 is 0 Å². The van der Waals surface area contributed by atoms with E-state index in [9.17, 15) is 4.79 Å². The smallest absolute Gasteiger partial charge is 0.234 e. The molecule has 0 aromatic carbocycles. The van der Waals surface area contributed by atoms with Gasteiger partial charge < -0.3 is 10.6 Å². The van der Waals surface area contributed by atoms with Crippen molar-refractivity contribution in [1.29, 1.82) is 0 Å². The Hall–Kier alpha value is -0.610. The maximum atomic E-state index is 11.4. The van der Waals surface area contributed by atoms with Crippen LogP contribution in [0.1, 0.15) is 19.8 Å². The summed E-state index contributed by atoms with van der Waals surface area (Å²) in [5.74, 6) is 0.970. The van der Waals surface area contributed by atoms with Crippen molar-refractivity contribution in [1.82, 2.24) is 15.5 Å². The van der Waals surface area contributed by atoms with E-state index in [1.807, 2.05) is 7.05 Å². The van der Waals surface area contributed by atoms with Crippen molar-refractivity contribution in [3.05, 3.63) is 0 Å². The van der Waals surface area contributed by atoms with Crippen LogP contribution in [0.25, 0.3) is 0 Å². The van der Waals surface area contributed by atoms with E-state index in [4.69, 9.17) is 0 Å². The zero-order valence-corrected chi connectivity index (χ0v) is 9.88. The minimum absolute atomic E-state index is 0.145. The first kappa shape index (κ1) is 12.5. The number of likely N-dealkylation sites (N-methyl/N-ethyl adjacent to an activating group) is 1. The molecule has 15 heavy (non-hydrogen) atoms. The molecule has 1 aliphatic heterocycles. The van der Waals surface area contributed by atoms with Crippen LogP contribution in [0.2, 0.25) is 0 Å². The minimum atomic E-state index is 0.145. The molecule has 1 heterocycles. The van der Waals surface area contributed by atoms with Crippen molar-refractivity contribution >= 4 is 5.91 Å². The molecule has 1 aliphatic rings. The standard InChI is InChI=1S/C11H23N3O/c1-3-5-13-11(15)9-14(2)6-4-10-7-12-8-10/h10,12H,3-9H2,1-2H3,(H,13,15). The van der Waals surface area contributed by atoms with Gasteiger partial charge in [-0.05, 0) is 45.4 Å². The molecule has 88 valence electrons. The highest BCUT2D eigenvalue weighted by Gasteiger charge is 2.17. The van der Waals surface area contributed by atoms with Gasteiger partial charge in [-0.2, -0.15) is 0 Å². The third kappa shape index (κ3) is 5.14. The van der Waals surface area contributed by atoms with Gasteiger partial charge in [0.2, 0.25) is 5.91 Å². The Morgan fingerprint density at radius 1 is 1.53 bits per heavy atom. The summed E-state index contributed by atoms with van der Waals surface area (Å²) in [4.78, 5) is 13.5. The first-order chi connectivity index (χ1) is 7.22. The van der Waals surface area contributed by atoms with Crippen LogP contribution < -0.4 is 10.6 Å². The fourth-order valence-corrected chi connectivity index (χ4v) is 1.60. The average molecular weight is 213 g/mol. The highest BCUT2D eigenvalue weighted by atomic mass is 16.2. The molecule has 1 amide bonds. The first-order valence-corrected chi connectivity index (χ1v) is 5.88. The zero-order valence-electron chi connectivity index (χ0n) is 9.88. The van der Waals surface area contributed by atoms with Gasteiger partial charge in [0.05, 0.1) is 6.54 Å². The van der Waals surface area contributed by atoms with Crippen LogP contribution in [0.4, 0.5) is 0 Å². The van der Waals surface area contributed by atoms with Crippen LogP contribution in [-0.2, 0) is 4.79 Å². The van der Waals surface area contributed by atoms with E-state index in [0.29, 0.717) is 6.54 Å². The molecule has 1 rings (SSSR count). The number of nitrogens with zero attached hydrogens (tertiary/aromatic N) is 1. The molecular formula is C11H23N3O. The van der Waals surface area contributed by atoms with Gasteiger partial charge in [-0.1, -0.05) is 6.92 Å². The largest absolute Gasteiger partial charge is 0.355 e. The number of hydrogen-bond donors (Lipinski definition) is 2. The summed E-state index contributed by atoms with van der Waals surface area (Å²) in [6, 6.07) is 0. The average Bonchev–Trinajstić information content (AvgIpc) is 2.12. The molecule has 0 bridgehead atoms. The minimum Gasteiger partial charge on any atom is -0.355 e. The van der Waals surface area contributed by atoms with Crippen molar-refractivity contribution in [3.63, 3.8) is 0 Å². The Labute approximate surface area is 92.4 Å². The molecule has 0 saturated carbocycles. The van der Waals surface area contributed by atoms with Gasteiger partial charge in [0.1, 0.15) is 0 Å². The summed E-state index contributed by atoms with van der Waals surface area (Å²) in [6.45, 7) is 6.70. The van der Waals surface area contributed by atoms with Gasteiger partial charge in [-0.3, -0.25) is 9.69 Å². The Morgan fingerprint density at radius 3 is 2.80 bits per heavy atom. The zero-order chi connectivity index (χ0) is 11.1. The van der Waals surface area contributed by atoms with Crippen molar-refractivity contribution < 1.29 is 4.79 Å². The van der Waals surface area contributed by atoms with E-state index < -0.39 is 0 Å². The maximum absolute atomic E-state index is 11.4. The molecule has 1 saturated heterocycles. The molecule has 0 atom stereocenters. The predicted octanol–water partition coefficient (Wildman–Crippen LogP) is 0.0539. The highest BCUT2D eigenvalue weighted by Crippen LogP contribution is 2.08. The predicted molar refractivity (Wildman–Crippen MR) is 61.8 cm³/mol. The first-order valence-electron chi connectivity index (χ1n) is 5.88. The van der Waals surface area contributed by atoms with Gasteiger partial charge >= 0.3 is 0 Å².